The zero-order valence-corrected chi connectivity index (χ0v) is 21.0. The first-order valence-corrected chi connectivity index (χ1v) is 12.3. The molecule has 0 unspecified atom stereocenters. The monoisotopic (exact) mass is 509 g/mol. The van der Waals surface area contributed by atoms with Gasteiger partial charge in [0.2, 0.25) is 0 Å². The van der Waals surface area contributed by atoms with E-state index in [4.69, 9.17) is 9.47 Å². The van der Waals surface area contributed by atoms with Crippen LogP contribution in [0.4, 0.5) is 5.69 Å². The van der Waals surface area contributed by atoms with E-state index in [0.717, 1.165) is 0 Å². The van der Waals surface area contributed by atoms with E-state index in [1.54, 1.807) is 30.3 Å². The van der Waals surface area contributed by atoms with Gasteiger partial charge in [-0.15, -0.1) is 0 Å². The van der Waals surface area contributed by atoms with Crippen LogP contribution in [0.2, 0.25) is 0 Å². The van der Waals surface area contributed by atoms with Crippen molar-refractivity contribution in [3.63, 3.8) is 0 Å². The van der Waals surface area contributed by atoms with Crippen LogP contribution in [0.25, 0.3) is 5.76 Å². The van der Waals surface area contributed by atoms with Gasteiger partial charge in [0.1, 0.15) is 11.5 Å². The van der Waals surface area contributed by atoms with Crippen molar-refractivity contribution in [1.82, 2.24) is 9.80 Å². The van der Waals surface area contributed by atoms with Gasteiger partial charge < -0.3 is 19.5 Å². The number of non-ortho nitro benzene ring substituents is 1. The molecule has 10 heteroatoms. The molecule has 0 aromatic heterocycles. The zero-order chi connectivity index (χ0) is 26.5. The van der Waals surface area contributed by atoms with E-state index >= 15 is 0 Å². The number of hydrogen-bond donors (Lipinski definition) is 1. The molecule has 2 aromatic carbocycles. The number of aliphatic hydroxyl groups is 1. The van der Waals surface area contributed by atoms with Crippen molar-refractivity contribution in [2.24, 2.45) is 5.92 Å². The van der Waals surface area contributed by atoms with Crippen molar-refractivity contribution >= 4 is 23.1 Å². The maximum Gasteiger partial charge on any atom is 0.295 e. The van der Waals surface area contributed by atoms with Crippen LogP contribution in [0.3, 0.4) is 0 Å². The number of morpholine rings is 1. The van der Waals surface area contributed by atoms with E-state index in [1.165, 1.54) is 23.1 Å². The molecule has 0 saturated carbocycles. The maximum atomic E-state index is 13.2. The van der Waals surface area contributed by atoms with Crippen LogP contribution in [0, 0.1) is 16.0 Å². The van der Waals surface area contributed by atoms with Gasteiger partial charge in [-0.3, -0.25) is 24.6 Å². The summed E-state index contributed by atoms with van der Waals surface area (Å²) in [4.78, 5) is 40.8. The first-order valence-electron chi connectivity index (χ1n) is 12.3. The lowest BCUT2D eigenvalue weighted by Crippen LogP contribution is -2.42. The Morgan fingerprint density at radius 2 is 1.84 bits per heavy atom. The molecule has 0 bridgehead atoms. The number of likely N-dealkylation sites (tertiary alicyclic amines) is 1. The Labute approximate surface area is 215 Å². The summed E-state index contributed by atoms with van der Waals surface area (Å²) in [6.45, 7) is 7.91. The number of carbonyl (C=O) groups excluding carboxylic acids is 2. The highest BCUT2D eigenvalue weighted by molar-refractivity contribution is 6.46. The third-order valence-electron chi connectivity index (χ3n) is 6.41. The highest BCUT2D eigenvalue weighted by atomic mass is 16.6. The molecule has 2 aliphatic rings. The van der Waals surface area contributed by atoms with Crippen LogP contribution in [-0.4, -0.2) is 77.5 Å². The van der Waals surface area contributed by atoms with Gasteiger partial charge in [0, 0.05) is 43.9 Å². The number of Topliss-reactive ketones (excluding diaryl/α,β-unsaturated/α-hetero) is 1. The number of ketones is 1. The molecule has 2 aliphatic heterocycles. The fourth-order valence-corrected chi connectivity index (χ4v) is 4.47. The topological polar surface area (TPSA) is 122 Å². The van der Waals surface area contributed by atoms with Gasteiger partial charge in [-0.2, -0.15) is 0 Å². The van der Waals surface area contributed by atoms with Crippen molar-refractivity contribution in [3.8, 4) is 5.75 Å². The summed E-state index contributed by atoms with van der Waals surface area (Å²) >= 11 is 0. The Kier molecular flexibility index (Phi) is 8.20. The van der Waals surface area contributed by atoms with E-state index in [2.05, 4.69) is 4.90 Å². The van der Waals surface area contributed by atoms with Gasteiger partial charge >= 0.3 is 0 Å². The molecule has 196 valence electrons. The maximum absolute atomic E-state index is 13.2. The van der Waals surface area contributed by atoms with Crippen LogP contribution < -0.4 is 4.74 Å². The van der Waals surface area contributed by atoms with Crippen molar-refractivity contribution < 1.29 is 29.1 Å². The number of nitro groups is 1. The predicted octanol–water partition coefficient (Wildman–Crippen LogP) is 3.38. The SMILES string of the molecule is CC(C)COc1ccc(C(O)=C2C(=O)C(=O)N(CCN3CCOCC3)[C@@H]2c2cccc([N+](=O)[O-])c2)cc1. The van der Waals surface area contributed by atoms with Crippen LogP contribution in [0.5, 0.6) is 5.75 Å². The molecule has 37 heavy (non-hydrogen) atoms. The summed E-state index contributed by atoms with van der Waals surface area (Å²) in [7, 11) is 0. The Balaban J connectivity index is 1.71. The molecule has 0 radical (unpaired) electrons. The largest absolute Gasteiger partial charge is 0.507 e. The number of aliphatic hydroxyl groups excluding tert-OH is 1. The second-order valence-corrected chi connectivity index (χ2v) is 9.53. The molecule has 10 nitrogen and oxygen atoms in total. The number of benzene rings is 2. The van der Waals surface area contributed by atoms with Gasteiger partial charge in [0.25, 0.3) is 17.4 Å². The number of nitro benzene ring substituents is 1. The average molecular weight is 510 g/mol. The van der Waals surface area contributed by atoms with Crippen LogP contribution >= 0.6 is 0 Å². The third-order valence-corrected chi connectivity index (χ3v) is 6.41. The summed E-state index contributed by atoms with van der Waals surface area (Å²) in [6.07, 6.45) is 0. The first-order chi connectivity index (χ1) is 17.8. The number of hydrogen-bond acceptors (Lipinski definition) is 8. The Bertz CT molecular complexity index is 1190. The molecule has 2 saturated heterocycles. The molecule has 2 heterocycles. The van der Waals surface area contributed by atoms with Gasteiger partial charge in [-0.25, -0.2) is 0 Å². The average Bonchev–Trinajstić information content (AvgIpc) is 3.16. The number of ether oxygens (including phenoxy) is 2. The van der Waals surface area contributed by atoms with E-state index in [0.29, 0.717) is 62.2 Å². The fourth-order valence-electron chi connectivity index (χ4n) is 4.47. The van der Waals surface area contributed by atoms with Gasteiger partial charge in [-0.1, -0.05) is 26.0 Å². The number of rotatable bonds is 9. The number of amides is 1. The van der Waals surface area contributed by atoms with Crippen molar-refractivity contribution in [1.29, 1.82) is 0 Å². The molecule has 4 rings (SSSR count). The lowest BCUT2D eigenvalue weighted by Gasteiger charge is -2.31. The lowest BCUT2D eigenvalue weighted by molar-refractivity contribution is -0.384. The summed E-state index contributed by atoms with van der Waals surface area (Å²) in [5.74, 6) is -0.943. The van der Waals surface area contributed by atoms with E-state index in [9.17, 15) is 24.8 Å². The van der Waals surface area contributed by atoms with E-state index in [1.807, 2.05) is 13.8 Å². The third kappa shape index (κ3) is 5.98. The number of nitrogens with zero attached hydrogens (tertiary/aromatic N) is 3. The Morgan fingerprint density at radius 3 is 2.49 bits per heavy atom. The summed E-state index contributed by atoms with van der Waals surface area (Å²) in [6, 6.07) is 11.5. The van der Waals surface area contributed by atoms with Crippen LogP contribution in [-0.2, 0) is 14.3 Å². The van der Waals surface area contributed by atoms with Crippen molar-refractivity contribution in [3.05, 3.63) is 75.3 Å². The summed E-state index contributed by atoms with van der Waals surface area (Å²) in [5.41, 5.74) is 0.471. The van der Waals surface area contributed by atoms with Gasteiger partial charge in [0.15, 0.2) is 0 Å². The molecular weight excluding hydrogens is 478 g/mol. The number of carbonyl (C=O) groups is 2. The van der Waals surface area contributed by atoms with Crippen LogP contribution in [0.1, 0.15) is 31.0 Å². The molecule has 2 fully saturated rings. The molecule has 1 amide bonds. The van der Waals surface area contributed by atoms with Crippen LogP contribution in [0.15, 0.2) is 54.1 Å². The standard InChI is InChI=1S/C27H31N3O7/c1-18(2)17-37-22-8-6-19(7-9-22)25(31)23-24(20-4-3-5-21(16-20)30(34)35)29(27(33)26(23)32)11-10-28-12-14-36-15-13-28/h3-9,16,18,24,31H,10-15,17H2,1-2H3/t24-/m1/s1. The highest BCUT2D eigenvalue weighted by Gasteiger charge is 2.46. The second kappa shape index (κ2) is 11.5. The molecule has 1 atom stereocenters. The van der Waals surface area contributed by atoms with E-state index < -0.39 is 22.7 Å². The minimum atomic E-state index is -0.960. The van der Waals surface area contributed by atoms with Crippen molar-refractivity contribution in [2.75, 3.05) is 46.0 Å². The summed E-state index contributed by atoms with van der Waals surface area (Å²) < 4.78 is 11.1. The highest BCUT2D eigenvalue weighted by Crippen LogP contribution is 2.40. The molecule has 2 aromatic rings. The van der Waals surface area contributed by atoms with Gasteiger partial charge in [-0.05, 0) is 35.7 Å². The second-order valence-electron chi connectivity index (χ2n) is 9.53. The Morgan fingerprint density at radius 1 is 1.14 bits per heavy atom. The predicted molar refractivity (Wildman–Crippen MR) is 136 cm³/mol. The smallest absolute Gasteiger partial charge is 0.295 e. The van der Waals surface area contributed by atoms with Crippen molar-refractivity contribution in [2.45, 2.75) is 19.9 Å². The molecule has 0 spiro atoms. The fraction of sp³-hybridized carbons (Fsp3) is 0.407. The summed E-state index contributed by atoms with van der Waals surface area (Å²) in [5, 5.41) is 22.7. The first kappa shape index (κ1) is 26.3. The quantitative estimate of drug-likeness (QED) is 0.179. The zero-order valence-electron chi connectivity index (χ0n) is 21.0. The molecule has 1 N–H and O–H groups in total. The van der Waals surface area contributed by atoms with Gasteiger partial charge in [0.05, 0.1) is 36.4 Å². The lowest BCUT2D eigenvalue weighted by atomic mass is 9.95. The van der Waals surface area contributed by atoms with E-state index in [-0.39, 0.29) is 23.6 Å². The normalized spacial score (nSPS) is 20.0. The minimum Gasteiger partial charge on any atom is -0.507 e. The molecule has 0 aliphatic carbocycles. The molecular formula is C27H31N3O7. The Hall–Kier alpha value is -3.76. The minimum absolute atomic E-state index is 0.0941.